The van der Waals surface area contributed by atoms with E-state index < -0.39 is 7.12 Å². The third-order valence-electron chi connectivity index (χ3n) is 0.437. The van der Waals surface area contributed by atoms with Gasteiger partial charge in [0.05, 0.1) is 6.26 Å². The Morgan fingerprint density at radius 2 is 2.14 bits per heavy atom. The third kappa shape index (κ3) is 3.13. The molecule has 0 saturated carbocycles. The lowest BCUT2D eigenvalue weighted by Crippen LogP contribution is -2.09. The van der Waals surface area contributed by atoms with Crippen LogP contribution in [0.15, 0.2) is 25.4 Å². The molecule has 0 unspecified atom stereocenters. The summed E-state index contributed by atoms with van der Waals surface area (Å²) in [6.07, 6.45) is 1.16. The zero-order valence-electron chi connectivity index (χ0n) is 4.00. The topological polar surface area (TPSA) is 29.5 Å². The molecule has 0 atom stereocenters. The van der Waals surface area contributed by atoms with Crippen LogP contribution < -0.4 is 0 Å². The van der Waals surface area contributed by atoms with E-state index in [1.54, 1.807) is 0 Å². The van der Waals surface area contributed by atoms with Crippen LogP contribution in [0.4, 0.5) is 0 Å². The molecule has 0 amide bonds. The largest absolute Gasteiger partial charge is 0.551 e. The van der Waals surface area contributed by atoms with Gasteiger partial charge in [0.1, 0.15) is 0 Å². The van der Waals surface area contributed by atoms with Crippen LogP contribution in [0.2, 0.25) is 0 Å². The molecular formula is C4H7BO2. The highest BCUT2D eigenvalue weighted by molar-refractivity contribution is 6.49. The fraction of sp³-hybridized carbons (Fsp3) is 0. The average Bonchev–Trinajstić information content (AvgIpc) is 1.68. The van der Waals surface area contributed by atoms with Crippen molar-refractivity contribution < 1.29 is 9.68 Å². The lowest BCUT2D eigenvalue weighted by molar-refractivity contribution is 0.386. The van der Waals surface area contributed by atoms with Crippen molar-refractivity contribution in [3.63, 3.8) is 0 Å². The summed E-state index contributed by atoms with van der Waals surface area (Å²) < 4.78 is 4.39. The molecule has 2 nitrogen and oxygen atoms in total. The molecule has 1 N–H and O–H groups in total. The molecule has 3 heteroatoms. The summed E-state index contributed by atoms with van der Waals surface area (Å²) in [7, 11) is -0.905. The molecule has 0 aromatic rings. The Hall–Kier alpha value is -0.695. The molecular weight excluding hydrogens is 90.9 g/mol. The third-order valence-corrected chi connectivity index (χ3v) is 0.437. The predicted octanol–water partition coefficient (Wildman–Crippen LogP) is 0.352. The second-order valence-electron chi connectivity index (χ2n) is 0.929. The summed E-state index contributed by atoms with van der Waals surface area (Å²) in [5.74, 6) is 1.27. The Balaban J connectivity index is 3.15. The Morgan fingerprint density at radius 1 is 1.57 bits per heavy atom. The van der Waals surface area contributed by atoms with Crippen molar-refractivity contribution in [2.24, 2.45) is 0 Å². The van der Waals surface area contributed by atoms with Crippen LogP contribution in [0.25, 0.3) is 0 Å². The molecule has 0 rings (SSSR count). The van der Waals surface area contributed by atoms with E-state index >= 15 is 0 Å². The van der Waals surface area contributed by atoms with Crippen molar-refractivity contribution in [3.05, 3.63) is 25.4 Å². The van der Waals surface area contributed by atoms with Gasteiger partial charge < -0.3 is 9.68 Å². The van der Waals surface area contributed by atoms with Gasteiger partial charge in [-0.15, -0.1) is 6.58 Å². The average molecular weight is 97.9 g/mol. The first-order valence-electron chi connectivity index (χ1n) is 1.88. The zero-order chi connectivity index (χ0) is 5.70. The lowest BCUT2D eigenvalue weighted by Gasteiger charge is -1.94. The van der Waals surface area contributed by atoms with Crippen molar-refractivity contribution in [1.82, 2.24) is 0 Å². The fourth-order valence-electron chi connectivity index (χ4n) is 0.154. The van der Waals surface area contributed by atoms with Crippen molar-refractivity contribution in [3.8, 4) is 0 Å². The molecule has 0 saturated heterocycles. The van der Waals surface area contributed by atoms with E-state index in [-0.39, 0.29) is 0 Å². The molecule has 0 aliphatic carbocycles. The first kappa shape index (κ1) is 6.30. The van der Waals surface area contributed by atoms with Gasteiger partial charge in [-0.25, -0.2) is 0 Å². The fourth-order valence-corrected chi connectivity index (χ4v) is 0.154. The minimum Gasteiger partial charge on any atom is -0.539 e. The standard InChI is InChI=1S/C4H7BO2/c1-3-5(6)7-4-2/h3-4,6H,1-2H2. The summed E-state index contributed by atoms with van der Waals surface area (Å²) in [6.45, 7) is 6.48. The Bertz CT molecular complexity index is 72.1. The zero-order valence-corrected chi connectivity index (χ0v) is 4.00. The van der Waals surface area contributed by atoms with Gasteiger partial charge >= 0.3 is 7.12 Å². The van der Waals surface area contributed by atoms with Gasteiger partial charge in [0.2, 0.25) is 0 Å². The van der Waals surface area contributed by atoms with Crippen molar-refractivity contribution in [2.75, 3.05) is 0 Å². The van der Waals surface area contributed by atoms with Crippen molar-refractivity contribution >= 4 is 7.12 Å². The second kappa shape index (κ2) is 3.49. The highest BCUT2D eigenvalue weighted by atomic mass is 16.5. The highest BCUT2D eigenvalue weighted by Gasteiger charge is 2.02. The number of rotatable bonds is 3. The Morgan fingerprint density at radius 3 is 2.29 bits per heavy atom. The van der Waals surface area contributed by atoms with Gasteiger partial charge in [-0.05, 0) is 5.98 Å². The Labute approximate surface area is 43.3 Å². The summed E-state index contributed by atoms with van der Waals surface area (Å²) in [5, 5.41) is 8.45. The molecule has 0 spiro atoms. The van der Waals surface area contributed by atoms with Crippen LogP contribution >= 0.6 is 0 Å². The quantitative estimate of drug-likeness (QED) is 0.407. The van der Waals surface area contributed by atoms with Crippen LogP contribution in [0.3, 0.4) is 0 Å². The maximum atomic E-state index is 8.45. The van der Waals surface area contributed by atoms with E-state index in [1.807, 2.05) is 0 Å². The van der Waals surface area contributed by atoms with E-state index in [0.717, 1.165) is 6.26 Å². The number of hydrogen-bond acceptors (Lipinski definition) is 2. The highest BCUT2D eigenvalue weighted by Crippen LogP contribution is 1.78. The van der Waals surface area contributed by atoms with Crippen molar-refractivity contribution in [1.29, 1.82) is 0 Å². The molecule has 0 radical (unpaired) electrons. The minimum atomic E-state index is -0.905. The van der Waals surface area contributed by atoms with E-state index in [4.69, 9.17) is 5.02 Å². The monoisotopic (exact) mass is 98.1 g/mol. The maximum Gasteiger partial charge on any atom is 0.551 e. The van der Waals surface area contributed by atoms with Crippen LogP contribution in [-0.4, -0.2) is 12.1 Å². The second-order valence-corrected chi connectivity index (χ2v) is 0.929. The first-order chi connectivity index (χ1) is 3.31. The molecule has 38 valence electrons. The molecule has 0 aromatic heterocycles. The van der Waals surface area contributed by atoms with E-state index in [1.165, 1.54) is 5.98 Å². The molecule has 0 aliphatic rings. The molecule has 0 bridgehead atoms. The summed E-state index contributed by atoms with van der Waals surface area (Å²) >= 11 is 0. The number of hydrogen-bond donors (Lipinski definition) is 1. The SMILES string of the molecule is C=COB(O)C=C. The smallest absolute Gasteiger partial charge is 0.539 e. The minimum absolute atomic E-state index is 0.905. The van der Waals surface area contributed by atoms with Crippen LogP contribution in [0, 0.1) is 0 Å². The van der Waals surface area contributed by atoms with Gasteiger partial charge in [-0.1, -0.05) is 6.58 Å². The molecule has 0 aliphatic heterocycles. The van der Waals surface area contributed by atoms with Gasteiger partial charge in [-0.2, -0.15) is 0 Å². The van der Waals surface area contributed by atoms with Crippen LogP contribution in [0.5, 0.6) is 0 Å². The van der Waals surface area contributed by atoms with E-state index in [0.29, 0.717) is 0 Å². The lowest BCUT2D eigenvalue weighted by atomic mass is 9.93. The first-order valence-corrected chi connectivity index (χ1v) is 1.88. The molecule has 0 aromatic carbocycles. The summed E-state index contributed by atoms with van der Waals surface area (Å²) in [5.41, 5.74) is 0. The summed E-state index contributed by atoms with van der Waals surface area (Å²) in [4.78, 5) is 0. The van der Waals surface area contributed by atoms with E-state index in [2.05, 4.69) is 17.8 Å². The molecule has 0 fully saturated rings. The van der Waals surface area contributed by atoms with E-state index in [9.17, 15) is 0 Å². The maximum absolute atomic E-state index is 8.45. The van der Waals surface area contributed by atoms with Gasteiger partial charge in [0, 0.05) is 0 Å². The normalized spacial score (nSPS) is 7.00. The van der Waals surface area contributed by atoms with Crippen LogP contribution in [0.1, 0.15) is 0 Å². The summed E-state index contributed by atoms with van der Waals surface area (Å²) in [6, 6.07) is 0. The predicted molar refractivity (Wildman–Crippen MR) is 29.5 cm³/mol. The van der Waals surface area contributed by atoms with Gasteiger partial charge in [0.15, 0.2) is 0 Å². The van der Waals surface area contributed by atoms with Crippen molar-refractivity contribution in [2.45, 2.75) is 0 Å². The molecule has 0 heterocycles. The van der Waals surface area contributed by atoms with Gasteiger partial charge in [-0.3, -0.25) is 0 Å². The Kier molecular flexibility index (Phi) is 3.15. The van der Waals surface area contributed by atoms with Crippen LogP contribution in [-0.2, 0) is 4.65 Å². The molecule has 7 heavy (non-hydrogen) atoms. The van der Waals surface area contributed by atoms with Gasteiger partial charge in [0.25, 0.3) is 0 Å².